The van der Waals surface area contributed by atoms with Gasteiger partial charge in [-0.15, -0.1) is 0 Å². The number of hydrogen-bond donors (Lipinski definition) is 2. The van der Waals surface area contributed by atoms with E-state index < -0.39 is 0 Å². The van der Waals surface area contributed by atoms with Crippen LogP contribution >= 0.6 is 0 Å². The highest BCUT2D eigenvalue weighted by Gasteiger charge is 2.26. The van der Waals surface area contributed by atoms with Gasteiger partial charge in [-0.25, -0.2) is 0 Å². The Morgan fingerprint density at radius 2 is 1.44 bits per heavy atom. The minimum Gasteiger partial charge on any atom is -0.482 e. The quantitative estimate of drug-likeness (QED) is 0.402. The van der Waals surface area contributed by atoms with Crippen LogP contribution in [0.5, 0.6) is 5.75 Å². The fourth-order valence-electron chi connectivity index (χ4n) is 3.81. The summed E-state index contributed by atoms with van der Waals surface area (Å²) in [5, 5.41) is 6.23. The number of anilines is 4. The first-order valence-corrected chi connectivity index (χ1v) is 11.0. The van der Waals surface area contributed by atoms with E-state index in [2.05, 4.69) is 10.6 Å². The zero-order valence-electron chi connectivity index (χ0n) is 18.4. The number of nitrogens with zero attached hydrogens (tertiary/aromatic N) is 1. The molecule has 4 aromatic carbocycles. The van der Waals surface area contributed by atoms with E-state index >= 15 is 0 Å². The molecule has 0 aromatic heterocycles. The number of benzene rings is 4. The van der Waals surface area contributed by atoms with Gasteiger partial charge < -0.3 is 20.3 Å². The fourth-order valence-corrected chi connectivity index (χ4v) is 3.81. The third-order valence-electron chi connectivity index (χ3n) is 5.55. The number of fused-ring (bicyclic) bond motifs is 1. The molecule has 6 nitrogen and oxygen atoms in total. The Labute approximate surface area is 197 Å². The third kappa shape index (κ3) is 4.76. The monoisotopic (exact) mass is 449 g/mol. The predicted molar refractivity (Wildman–Crippen MR) is 134 cm³/mol. The Hall–Kier alpha value is -4.58. The Bertz CT molecular complexity index is 1310. The van der Waals surface area contributed by atoms with E-state index in [9.17, 15) is 9.59 Å². The molecular formula is C28H23N3O3. The van der Waals surface area contributed by atoms with Crippen LogP contribution in [0.1, 0.15) is 15.9 Å². The van der Waals surface area contributed by atoms with Crippen LogP contribution in [0.25, 0.3) is 0 Å². The third-order valence-corrected chi connectivity index (χ3v) is 5.55. The summed E-state index contributed by atoms with van der Waals surface area (Å²) >= 11 is 0. The second-order valence-corrected chi connectivity index (χ2v) is 7.96. The highest BCUT2D eigenvalue weighted by Crippen LogP contribution is 2.34. The van der Waals surface area contributed by atoms with Crippen molar-refractivity contribution in [1.29, 1.82) is 0 Å². The molecule has 1 heterocycles. The molecule has 0 unspecified atom stereocenters. The van der Waals surface area contributed by atoms with E-state index in [0.29, 0.717) is 29.2 Å². The van der Waals surface area contributed by atoms with Crippen molar-refractivity contribution in [3.05, 3.63) is 114 Å². The summed E-state index contributed by atoms with van der Waals surface area (Å²) in [5.74, 6) is 0.157. The number of amides is 2. The maximum Gasteiger partial charge on any atom is 0.265 e. The number of nitrogens with one attached hydrogen (secondary N) is 2. The van der Waals surface area contributed by atoms with Gasteiger partial charge in [0, 0.05) is 22.6 Å². The molecule has 5 rings (SSSR count). The fraction of sp³-hybridized carbons (Fsp3) is 0.0714. The van der Waals surface area contributed by atoms with Gasteiger partial charge in [0.1, 0.15) is 5.75 Å². The molecular weight excluding hydrogens is 426 g/mol. The molecule has 0 aliphatic carbocycles. The van der Waals surface area contributed by atoms with E-state index in [4.69, 9.17) is 4.74 Å². The maximum absolute atomic E-state index is 12.8. The second-order valence-electron chi connectivity index (χ2n) is 7.96. The molecule has 0 bridgehead atoms. The topological polar surface area (TPSA) is 70.7 Å². The summed E-state index contributed by atoms with van der Waals surface area (Å²) in [5.41, 5.74) is 4.74. The van der Waals surface area contributed by atoms with Crippen LogP contribution in [-0.4, -0.2) is 18.4 Å². The van der Waals surface area contributed by atoms with Gasteiger partial charge in [-0.1, -0.05) is 48.5 Å². The normalized spacial score (nSPS) is 12.5. The Morgan fingerprint density at radius 3 is 2.18 bits per heavy atom. The molecule has 2 N–H and O–H groups in total. The van der Waals surface area contributed by atoms with Crippen LogP contribution in [-0.2, 0) is 11.3 Å². The van der Waals surface area contributed by atoms with Crippen LogP contribution < -0.4 is 20.3 Å². The minimum absolute atomic E-state index is 0.0548. The van der Waals surface area contributed by atoms with E-state index in [-0.39, 0.29) is 18.4 Å². The molecule has 1 aliphatic heterocycles. The van der Waals surface area contributed by atoms with Crippen LogP contribution in [0.3, 0.4) is 0 Å². The first kappa shape index (κ1) is 21.3. The van der Waals surface area contributed by atoms with Crippen molar-refractivity contribution in [3.8, 4) is 5.75 Å². The van der Waals surface area contributed by atoms with E-state index in [0.717, 1.165) is 16.9 Å². The van der Waals surface area contributed by atoms with Crippen molar-refractivity contribution >= 4 is 34.6 Å². The maximum atomic E-state index is 12.8. The van der Waals surface area contributed by atoms with E-state index in [1.165, 1.54) is 0 Å². The molecule has 0 saturated heterocycles. The van der Waals surface area contributed by atoms with Crippen molar-refractivity contribution in [3.63, 3.8) is 0 Å². The molecule has 2 amide bonds. The van der Waals surface area contributed by atoms with Crippen LogP contribution in [0.4, 0.5) is 22.7 Å². The van der Waals surface area contributed by atoms with Gasteiger partial charge in [0.15, 0.2) is 6.61 Å². The summed E-state index contributed by atoms with van der Waals surface area (Å²) in [6, 6.07) is 32.3. The standard InChI is InChI=1S/C28H23N3O3/c32-27-19-34-26-17-21(11-16-25(26)31(27)18-20-7-3-1-4-8-20)28(33)30-24-14-12-23(13-15-24)29-22-9-5-2-6-10-22/h1-17,29H,18-19H2,(H,30,33). The van der Waals surface area contributed by atoms with Crippen LogP contribution in [0, 0.1) is 0 Å². The minimum atomic E-state index is -0.248. The Morgan fingerprint density at radius 1 is 0.794 bits per heavy atom. The van der Waals surface area contributed by atoms with Crippen molar-refractivity contribution in [1.82, 2.24) is 0 Å². The lowest BCUT2D eigenvalue weighted by atomic mass is 10.1. The summed E-state index contributed by atoms with van der Waals surface area (Å²) in [7, 11) is 0. The molecule has 34 heavy (non-hydrogen) atoms. The SMILES string of the molecule is O=C(Nc1ccc(Nc2ccccc2)cc1)c1ccc2c(c1)OCC(=O)N2Cc1ccccc1. The van der Waals surface area contributed by atoms with E-state index in [1.807, 2.05) is 84.9 Å². The molecule has 0 atom stereocenters. The number of carbonyl (C=O) groups is 2. The van der Waals surface area contributed by atoms with Crippen LogP contribution in [0.2, 0.25) is 0 Å². The van der Waals surface area contributed by atoms with Crippen LogP contribution in [0.15, 0.2) is 103 Å². The number of ether oxygens (including phenoxy) is 1. The zero-order valence-corrected chi connectivity index (χ0v) is 18.4. The smallest absolute Gasteiger partial charge is 0.265 e. The Kier molecular flexibility index (Phi) is 5.95. The molecule has 4 aromatic rings. The molecule has 0 spiro atoms. The first-order valence-electron chi connectivity index (χ1n) is 11.0. The lowest BCUT2D eigenvalue weighted by Gasteiger charge is -2.29. The van der Waals surface area contributed by atoms with Gasteiger partial charge in [0.2, 0.25) is 0 Å². The average Bonchev–Trinajstić information content (AvgIpc) is 2.88. The van der Waals surface area contributed by atoms with Crippen molar-refractivity contribution in [2.75, 3.05) is 22.1 Å². The number of carbonyl (C=O) groups excluding carboxylic acids is 2. The van der Waals surface area contributed by atoms with Gasteiger partial charge in [-0.3, -0.25) is 9.59 Å². The average molecular weight is 450 g/mol. The number of para-hydroxylation sites is 1. The number of hydrogen-bond acceptors (Lipinski definition) is 4. The highest BCUT2D eigenvalue weighted by atomic mass is 16.5. The highest BCUT2D eigenvalue weighted by molar-refractivity contribution is 6.06. The number of rotatable bonds is 6. The van der Waals surface area contributed by atoms with Crippen molar-refractivity contribution < 1.29 is 14.3 Å². The largest absolute Gasteiger partial charge is 0.482 e. The zero-order chi connectivity index (χ0) is 23.3. The lowest BCUT2D eigenvalue weighted by molar-refractivity contribution is -0.121. The first-order chi connectivity index (χ1) is 16.7. The van der Waals surface area contributed by atoms with Gasteiger partial charge in [0.25, 0.3) is 11.8 Å². The summed E-state index contributed by atoms with van der Waals surface area (Å²) in [4.78, 5) is 27.0. The van der Waals surface area contributed by atoms with Gasteiger partial charge >= 0.3 is 0 Å². The molecule has 0 saturated carbocycles. The predicted octanol–water partition coefficient (Wildman–Crippen LogP) is 5.61. The van der Waals surface area contributed by atoms with Gasteiger partial charge in [-0.05, 0) is 60.2 Å². The van der Waals surface area contributed by atoms with Crippen molar-refractivity contribution in [2.45, 2.75) is 6.54 Å². The summed E-state index contributed by atoms with van der Waals surface area (Å²) < 4.78 is 5.64. The van der Waals surface area contributed by atoms with Gasteiger partial charge in [0.05, 0.1) is 12.2 Å². The summed E-state index contributed by atoms with van der Waals surface area (Å²) in [6.45, 7) is 0.395. The van der Waals surface area contributed by atoms with Gasteiger partial charge in [-0.2, -0.15) is 0 Å². The molecule has 0 radical (unpaired) electrons. The molecule has 6 heteroatoms. The second kappa shape index (κ2) is 9.50. The molecule has 1 aliphatic rings. The lowest BCUT2D eigenvalue weighted by Crippen LogP contribution is -2.38. The van der Waals surface area contributed by atoms with E-state index in [1.54, 1.807) is 23.1 Å². The Balaban J connectivity index is 1.28. The summed E-state index contributed by atoms with van der Waals surface area (Å²) in [6.07, 6.45) is 0. The molecule has 0 fully saturated rings. The molecule has 168 valence electrons. The van der Waals surface area contributed by atoms with Crippen molar-refractivity contribution in [2.24, 2.45) is 0 Å².